The molecule has 1 amide bonds. The van der Waals surface area contributed by atoms with Crippen molar-refractivity contribution in [3.63, 3.8) is 0 Å². The summed E-state index contributed by atoms with van der Waals surface area (Å²) in [5.74, 6) is 0.157. The number of nitrogens with zero attached hydrogens (tertiary/aromatic N) is 2. The Bertz CT molecular complexity index is 152. The summed E-state index contributed by atoms with van der Waals surface area (Å²) in [7, 11) is 3.57. The van der Waals surface area contributed by atoms with E-state index in [0.717, 1.165) is 13.1 Å². The molecule has 1 aliphatic rings. The van der Waals surface area contributed by atoms with Gasteiger partial charge in [0.05, 0.1) is 6.54 Å². The molecule has 1 fully saturated rings. The normalized spacial score (nSPS) is 19.2. The molecule has 0 aromatic rings. The third-order valence-corrected chi connectivity index (χ3v) is 2.02. The Morgan fingerprint density at radius 1 is 1.50 bits per heavy atom. The van der Waals surface area contributed by atoms with Crippen molar-refractivity contribution in [3.05, 3.63) is 0 Å². The Morgan fingerprint density at radius 3 is 2.75 bits per heavy atom. The molecule has 1 heterocycles. The van der Waals surface area contributed by atoms with Crippen LogP contribution in [0.3, 0.4) is 0 Å². The zero-order valence-corrected chi connectivity index (χ0v) is 7.84. The molecule has 70 valence electrons. The molecule has 0 atom stereocenters. The van der Waals surface area contributed by atoms with Gasteiger partial charge in [0.25, 0.3) is 0 Å². The molecule has 4 heteroatoms. The van der Waals surface area contributed by atoms with Crippen LogP contribution in [0.5, 0.6) is 0 Å². The lowest BCUT2D eigenvalue weighted by Gasteiger charge is -2.27. The first-order chi connectivity index (χ1) is 5.70. The molecule has 0 bridgehead atoms. The number of likely N-dealkylation sites (N-methyl/N-ethyl adjacent to an activating group) is 1. The Morgan fingerprint density at radius 2 is 2.25 bits per heavy atom. The fraction of sp³-hybridized carbons (Fsp3) is 0.875. The van der Waals surface area contributed by atoms with E-state index in [-0.39, 0.29) is 5.91 Å². The Labute approximate surface area is 73.5 Å². The van der Waals surface area contributed by atoms with Gasteiger partial charge in [0.1, 0.15) is 0 Å². The van der Waals surface area contributed by atoms with Crippen LogP contribution in [0.25, 0.3) is 0 Å². The predicted molar refractivity (Wildman–Crippen MR) is 47.5 cm³/mol. The van der Waals surface area contributed by atoms with Crippen molar-refractivity contribution >= 4 is 5.91 Å². The summed E-state index contributed by atoms with van der Waals surface area (Å²) < 4.78 is 0. The first-order valence-corrected chi connectivity index (χ1v) is 4.39. The van der Waals surface area contributed by atoms with Crippen LogP contribution >= 0.6 is 0 Å². The largest absolute Gasteiger partial charge is 0.348 e. The molecule has 0 unspecified atom stereocenters. The van der Waals surface area contributed by atoms with Crippen LogP contribution < -0.4 is 5.43 Å². The van der Waals surface area contributed by atoms with Crippen molar-refractivity contribution in [3.8, 4) is 0 Å². The molecule has 0 saturated carbocycles. The summed E-state index contributed by atoms with van der Waals surface area (Å²) in [5, 5.41) is 1.99. The number of rotatable bonds is 2. The zero-order valence-electron chi connectivity index (χ0n) is 7.84. The Balaban J connectivity index is 2.24. The standard InChI is InChI=1S/C8H17N3O/c1-10(2)8(12)7-11-6-4-3-5-9-11/h9H,3-7H2,1-2H3. The molecule has 12 heavy (non-hydrogen) atoms. The van der Waals surface area contributed by atoms with Gasteiger partial charge in [-0.1, -0.05) is 0 Å². The smallest absolute Gasteiger partial charge is 0.237 e. The molecule has 1 saturated heterocycles. The second-order valence-electron chi connectivity index (χ2n) is 3.32. The maximum Gasteiger partial charge on any atom is 0.237 e. The van der Waals surface area contributed by atoms with Crippen LogP contribution in [-0.2, 0) is 4.79 Å². The van der Waals surface area contributed by atoms with Gasteiger partial charge < -0.3 is 4.90 Å². The fourth-order valence-corrected chi connectivity index (χ4v) is 1.18. The average Bonchev–Trinajstić information content (AvgIpc) is 2.06. The molecule has 1 N–H and O–H groups in total. The fourth-order valence-electron chi connectivity index (χ4n) is 1.18. The lowest BCUT2D eigenvalue weighted by Crippen LogP contribution is -2.48. The van der Waals surface area contributed by atoms with Gasteiger partial charge in [-0.15, -0.1) is 0 Å². The number of hydrazine groups is 1. The summed E-state index contributed by atoms with van der Waals surface area (Å²) in [4.78, 5) is 12.9. The third kappa shape index (κ3) is 2.79. The molecule has 4 nitrogen and oxygen atoms in total. The van der Waals surface area contributed by atoms with Crippen LogP contribution in [0.2, 0.25) is 0 Å². The highest BCUT2D eigenvalue weighted by Crippen LogP contribution is 1.98. The molecule has 0 aromatic carbocycles. The van der Waals surface area contributed by atoms with Gasteiger partial charge in [-0.05, 0) is 12.8 Å². The topological polar surface area (TPSA) is 35.6 Å². The quantitative estimate of drug-likeness (QED) is 0.618. The van der Waals surface area contributed by atoms with Crippen LogP contribution in [0, 0.1) is 0 Å². The Kier molecular flexibility index (Phi) is 3.49. The summed E-state index contributed by atoms with van der Waals surface area (Å²) in [6, 6.07) is 0. The van der Waals surface area contributed by atoms with Gasteiger partial charge in [0.2, 0.25) is 5.91 Å². The number of carbonyl (C=O) groups excluding carboxylic acids is 1. The van der Waals surface area contributed by atoms with E-state index in [0.29, 0.717) is 6.54 Å². The van der Waals surface area contributed by atoms with Gasteiger partial charge >= 0.3 is 0 Å². The number of hydrogen-bond donors (Lipinski definition) is 1. The van der Waals surface area contributed by atoms with Gasteiger partial charge in [-0.2, -0.15) is 0 Å². The highest BCUT2D eigenvalue weighted by atomic mass is 16.2. The number of hydrogen-bond acceptors (Lipinski definition) is 3. The predicted octanol–water partition coefficient (Wildman–Crippen LogP) is -0.325. The summed E-state index contributed by atoms with van der Waals surface area (Å²) in [6.07, 6.45) is 2.40. The van der Waals surface area contributed by atoms with Crippen molar-refractivity contribution in [2.45, 2.75) is 12.8 Å². The van der Waals surface area contributed by atoms with Crippen molar-refractivity contribution in [1.29, 1.82) is 0 Å². The number of nitrogens with one attached hydrogen (secondary N) is 1. The molecule has 1 rings (SSSR count). The van der Waals surface area contributed by atoms with Crippen molar-refractivity contribution in [1.82, 2.24) is 15.3 Å². The van der Waals surface area contributed by atoms with Crippen molar-refractivity contribution < 1.29 is 4.79 Å². The molecule has 0 aliphatic carbocycles. The lowest BCUT2D eigenvalue weighted by molar-refractivity contribution is -0.131. The molecule has 1 aliphatic heterocycles. The van der Waals surface area contributed by atoms with Crippen molar-refractivity contribution in [2.24, 2.45) is 0 Å². The van der Waals surface area contributed by atoms with Crippen LogP contribution in [0.4, 0.5) is 0 Å². The number of carbonyl (C=O) groups is 1. The van der Waals surface area contributed by atoms with Gasteiger partial charge in [-0.25, -0.2) is 5.01 Å². The van der Waals surface area contributed by atoms with E-state index in [4.69, 9.17) is 0 Å². The lowest BCUT2D eigenvalue weighted by atomic mass is 10.2. The van der Waals surface area contributed by atoms with Crippen LogP contribution in [0.15, 0.2) is 0 Å². The van der Waals surface area contributed by atoms with E-state index in [2.05, 4.69) is 5.43 Å². The average molecular weight is 171 g/mol. The number of amides is 1. The third-order valence-electron chi connectivity index (χ3n) is 2.02. The minimum absolute atomic E-state index is 0.157. The van der Waals surface area contributed by atoms with Crippen LogP contribution in [-0.4, -0.2) is 49.5 Å². The van der Waals surface area contributed by atoms with E-state index in [1.165, 1.54) is 12.8 Å². The first kappa shape index (κ1) is 9.48. The second kappa shape index (κ2) is 4.42. The first-order valence-electron chi connectivity index (χ1n) is 4.39. The minimum Gasteiger partial charge on any atom is -0.348 e. The molecule has 0 spiro atoms. The Hall–Kier alpha value is -0.610. The maximum absolute atomic E-state index is 11.3. The molecular weight excluding hydrogens is 154 g/mol. The highest BCUT2D eigenvalue weighted by Gasteiger charge is 2.13. The minimum atomic E-state index is 0.157. The van der Waals surface area contributed by atoms with Gasteiger partial charge in [0.15, 0.2) is 0 Å². The SMILES string of the molecule is CN(C)C(=O)CN1CCCCN1. The van der Waals surface area contributed by atoms with E-state index in [9.17, 15) is 4.79 Å². The van der Waals surface area contributed by atoms with Crippen LogP contribution in [0.1, 0.15) is 12.8 Å². The molecular formula is C8H17N3O. The monoisotopic (exact) mass is 171 g/mol. The second-order valence-corrected chi connectivity index (χ2v) is 3.32. The van der Waals surface area contributed by atoms with E-state index in [1.54, 1.807) is 19.0 Å². The summed E-state index contributed by atoms with van der Waals surface area (Å²) in [6.45, 7) is 2.48. The van der Waals surface area contributed by atoms with Gasteiger partial charge in [-0.3, -0.25) is 10.2 Å². The van der Waals surface area contributed by atoms with E-state index >= 15 is 0 Å². The zero-order chi connectivity index (χ0) is 8.97. The summed E-state index contributed by atoms with van der Waals surface area (Å²) >= 11 is 0. The highest BCUT2D eigenvalue weighted by molar-refractivity contribution is 5.77. The maximum atomic E-state index is 11.3. The van der Waals surface area contributed by atoms with Crippen molar-refractivity contribution in [2.75, 3.05) is 33.7 Å². The van der Waals surface area contributed by atoms with E-state index < -0.39 is 0 Å². The summed E-state index contributed by atoms with van der Waals surface area (Å²) in [5.41, 5.74) is 3.19. The van der Waals surface area contributed by atoms with E-state index in [1.807, 2.05) is 5.01 Å². The van der Waals surface area contributed by atoms with Gasteiger partial charge in [0, 0.05) is 27.2 Å². The molecule has 0 radical (unpaired) electrons. The molecule has 0 aromatic heterocycles.